The van der Waals surface area contributed by atoms with Crippen LogP contribution in [0.5, 0.6) is 0 Å². The van der Waals surface area contributed by atoms with Crippen molar-refractivity contribution in [1.82, 2.24) is 25.1 Å². The maximum atomic E-state index is 12.4. The number of aromatic nitrogens is 4. The van der Waals surface area contributed by atoms with Gasteiger partial charge in [-0.3, -0.25) is 4.79 Å². The van der Waals surface area contributed by atoms with Crippen LogP contribution in [0.25, 0.3) is 5.95 Å². The summed E-state index contributed by atoms with van der Waals surface area (Å²) < 4.78 is 2.78. The minimum atomic E-state index is -0.0263. The number of aryl methyl sites for hydroxylation is 3. The van der Waals surface area contributed by atoms with Crippen LogP contribution in [0, 0.1) is 27.7 Å². The summed E-state index contributed by atoms with van der Waals surface area (Å²) in [6.45, 7) is 8.25. The molecule has 8 heteroatoms. The molecule has 1 N–H and O–H groups in total. The maximum Gasteiger partial charge on any atom is 0.251 e. The second kappa shape index (κ2) is 7.67. The van der Waals surface area contributed by atoms with Gasteiger partial charge in [-0.1, -0.05) is 0 Å². The molecule has 3 rings (SSSR count). The van der Waals surface area contributed by atoms with E-state index in [-0.39, 0.29) is 12.3 Å². The predicted molar refractivity (Wildman–Crippen MR) is 106 cm³/mol. The van der Waals surface area contributed by atoms with Gasteiger partial charge in [-0.05, 0) is 61.8 Å². The van der Waals surface area contributed by atoms with Gasteiger partial charge in [0.15, 0.2) is 0 Å². The van der Waals surface area contributed by atoms with E-state index >= 15 is 0 Å². The lowest BCUT2D eigenvalue weighted by atomic mass is 10.1. The van der Waals surface area contributed by atoms with Crippen molar-refractivity contribution in [2.24, 2.45) is 0 Å². The van der Waals surface area contributed by atoms with Gasteiger partial charge in [-0.25, -0.2) is 14.6 Å². The van der Waals surface area contributed by atoms with Crippen molar-refractivity contribution >= 4 is 33.2 Å². The summed E-state index contributed by atoms with van der Waals surface area (Å²) in [6.07, 6.45) is 0.287. The Hall–Kier alpha value is -2.06. The SMILES string of the molecule is Cc1cc(C)nc(-n2nc(C)c(CC(=O)NCc3ccc(Br)s3)c2C)n1. The van der Waals surface area contributed by atoms with Crippen molar-refractivity contribution in [1.29, 1.82) is 0 Å². The quantitative estimate of drug-likeness (QED) is 0.667. The van der Waals surface area contributed by atoms with Gasteiger partial charge < -0.3 is 5.32 Å². The minimum absolute atomic E-state index is 0.0263. The van der Waals surface area contributed by atoms with Crippen LogP contribution in [-0.4, -0.2) is 25.7 Å². The summed E-state index contributed by atoms with van der Waals surface area (Å²) in [5, 5.41) is 7.51. The summed E-state index contributed by atoms with van der Waals surface area (Å²) in [5.74, 6) is 0.514. The molecule has 0 radical (unpaired) electrons. The molecule has 0 bridgehead atoms. The molecular formula is C18H20BrN5OS. The summed E-state index contributed by atoms with van der Waals surface area (Å²) in [4.78, 5) is 22.4. The Labute approximate surface area is 164 Å². The first kappa shape index (κ1) is 18.7. The number of thiophene rings is 1. The standard InChI is InChI=1S/C18H20BrN5OS/c1-10-7-11(2)22-18(21-10)24-13(4)15(12(3)23-24)8-17(25)20-9-14-5-6-16(19)26-14/h5-7H,8-9H2,1-4H3,(H,20,25). The largest absolute Gasteiger partial charge is 0.351 e. The first-order valence-corrected chi connectivity index (χ1v) is 9.83. The van der Waals surface area contributed by atoms with Crippen LogP contribution in [0.4, 0.5) is 0 Å². The molecule has 0 atom stereocenters. The number of halogens is 1. The van der Waals surface area contributed by atoms with Gasteiger partial charge in [0.25, 0.3) is 5.95 Å². The van der Waals surface area contributed by atoms with Crippen LogP contribution >= 0.6 is 27.3 Å². The fourth-order valence-corrected chi connectivity index (χ4v) is 4.21. The van der Waals surface area contributed by atoms with Crippen LogP contribution in [0.15, 0.2) is 22.0 Å². The monoisotopic (exact) mass is 433 g/mol. The van der Waals surface area contributed by atoms with E-state index in [2.05, 4.69) is 36.3 Å². The highest BCUT2D eigenvalue weighted by molar-refractivity contribution is 9.11. The van der Waals surface area contributed by atoms with Crippen molar-refractivity contribution in [3.8, 4) is 5.95 Å². The molecule has 0 saturated heterocycles. The highest BCUT2D eigenvalue weighted by Gasteiger charge is 2.17. The number of amides is 1. The molecule has 1 amide bonds. The number of hydrogen-bond acceptors (Lipinski definition) is 5. The van der Waals surface area contributed by atoms with E-state index in [4.69, 9.17) is 0 Å². The van der Waals surface area contributed by atoms with E-state index in [0.29, 0.717) is 12.5 Å². The van der Waals surface area contributed by atoms with Gasteiger partial charge >= 0.3 is 0 Å². The van der Waals surface area contributed by atoms with E-state index < -0.39 is 0 Å². The molecule has 26 heavy (non-hydrogen) atoms. The third-order valence-electron chi connectivity index (χ3n) is 4.03. The second-order valence-corrected chi connectivity index (χ2v) is 8.72. The fraction of sp³-hybridized carbons (Fsp3) is 0.333. The Bertz CT molecular complexity index is 942. The zero-order valence-electron chi connectivity index (χ0n) is 15.1. The van der Waals surface area contributed by atoms with Crippen molar-refractivity contribution in [2.45, 2.75) is 40.7 Å². The van der Waals surface area contributed by atoms with Crippen molar-refractivity contribution < 1.29 is 4.79 Å². The first-order valence-electron chi connectivity index (χ1n) is 8.22. The fourth-order valence-electron chi connectivity index (χ4n) is 2.78. The number of nitrogens with one attached hydrogen (secondary N) is 1. The lowest BCUT2D eigenvalue weighted by molar-refractivity contribution is -0.120. The molecule has 3 aromatic heterocycles. The minimum Gasteiger partial charge on any atom is -0.351 e. The van der Waals surface area contributed by atoms with Gasteiger partial charge in [0.1, 0.15) is 0 Å². The van der Waals surface area contributed by atoms with Gasteiger partial charge in [0.05, 0.1) is 22.4 Å². The summed E-state index contributed by atoms with van der Waals surface area (Å²) >= 11 is 5.05. The van der Waals surface area contributed by atoms with Gasteiger partial charge in [-0.15, -0.1) is 11.3 Å². The van der Waals surface area contributed by atoms with Crippen molar-refractivity contribution in [2.75, 3.05) is 0 Å². The second-order valence-electron chi connectivity index (χ2n) is 6.17. The maximum absolute atomic E-state index is 12.4. The average Bonchev–Trinajstić information content (AvgIpc) is 3.10. The molecule has 6 nitrogen and oxygen atoms in total. The number of nitrogens with zero attached hydrogens (tertiary/aromatic N) is 4. The van der Waals surface area contributed by atoms with Crippen LogP contribution < -0.4 is 5.32 Å². The molecule has 3 aromatic rings. The molecule has 0 unspecified atom stereocenters. The van der Waals surface area contributed by atoms with Gasteiger partial charge in [-0.2, -0.15) is 5.10 Å². The van der Waals surface area contributed by atoms with Crippen LogP contribution in [0.2, 0.25) is 0 Å². The highest BCUT2D eigenvalue weighted by Crippen LogP contribution is 2.22. The highest BCUT2D eigenvalue weighted by atomic mass is 79.9. The van der Waals surface area contributed by atoms with E-state index in [1.54, 1.807) is 16.0 Å². The van der Waals surface area contributed by atoms with Crippen LogP contribution in [0.3, 0.4) is 0 Å². The average molecular weight is 434 g/mol. The summed E-state index contributed by atoms with van der Waals surface area (Å²) in [5.41, 5.74) is 4.40. The number of hydrogen-bond donors (Lipinski definition) is 1. The Kier molecular flexibility index (Phi) is 5.52. The van der Waals surface area contributed by atoms with E-state index in [9.17, 15) is 4.79 Å². The molecule has 3 heterocycles. The molecule has 136 valence electrons. The van der Waals surface area contributed by atoms with E-state index in [1.165, 1.54) is 0 Å². The molecule has 0 aromatic carbocycles. The molecule has 0 aliphatic rings. The zero-order valence-corrected chi connectivity index (χ0v) is 17.5. The topological polar surface area (TPSA) is 72.7 Å². The molecule has 0 spiro atoms. The number of rotatable bonds is 5. The van der Waals surface area contributed by atoms with Gasteiger partial charge in [0, 0.05) is 27.5 Å². The number of carbonyl (C=O) groups excluding carboxylic acids is 1. The lowest BCUT2D eigenvalue weighted by Crippen LogP contribution is -2.24. The zero-order chi connectivity index (χ0) is 18.8. The van der Waals surface area contributed by atoms with Crippen molar-refractivity contribution in [3.63, 3.8) is 0 Å². The van der Waals surface area contributed by atoms with E-state index in [0.717, 1.165) is 37.0 Å². The van der Waals surface area contributed by atoms with Gasteiger partial charge in [0.2, 0.25) is 5.91 Å². The molecular weight excluding hydrogens is 414 g/mol. The molecule has 0 saturated carbocycles. The smallest absolute Gasteiger partial charge is 0.251 e. The summed E-state index contributed by atoms with van der Waals surface area (Å²) in [7, 11) is 0. The Morgan fingerprint density at radius 1 is 1.19 bits per heavy atom. The van der Waals surface area contributed by atoms with Crippen LogP contribution in [-0.2, 0) is 17.8 Å². The third kappa shape index (κ3) is 4.19. The normalized spacial score (nSPS) is 11.0. The molecule has 0 aliphatic heterocycles. The number of carbonyl (C=O) groups is 1. The Morgan fingerprint density at radius 2 is 1.88 bits per heavy atom. The Balaban J connectivity index is 1.76. The van der Waals surface area contributed by atoms with Crippen molar-refractivity contribution in [3.05, 3.63) is 55.2 Å². The molecule has 0 fully saturated rings. The predicted octanol–water partition coefficient (Wildman–Crippen LogP) is 3.58. The third-order valence-corrected chi connectivity index (χ3v) is 5.65. The lowest BCUT2D eigenvalue weighted by Gasteiger charge is -2.06. The summed E-state index contributed by atoms with van der Waals surface area (Å²) in [6, 6.07) is 5.90. The Morgan fingerprint density at radius 3 is 2.50 bits per heavy atom. The molecule has 0 aliphatic carbocycles. The van der Waals surface area contributed by atoms with E-state index in [1.807, 2.05) is 45.9 Å². The van der Waals surface area contributed by atoms with Crippen LogP contribution in [0.1, 0.15) is 33.2 Å². The first-order chi connectivity index (χ1) is 12.3.